The molecule has 0 radical (unpaired) electrons. The van der Waals surface area contributed by atoms with Crippen molar-refractivity contribution in [3.8, 4) is 5.75 Å². The number of rotatable bonds is 2. The highest BCUT2D eigenvalue weighted by Crippen LogP contribution is 2.37. The summed E-state index contributed by atoms with van der Waals surface area (Å²) < 4.78 is 32.8. The molecule has 0 aliphatic carbocycles. The first-order valence-corrected chi connectivity index (χ1v) is 8.12. The lowest BCUT2D eigenvalue weighted by molar-refractivity contribution is 0.219. The molecular weight excluding hydrogens is 288 g/mol. The van der Waals surface area contributed by atoms with Crippen LogP contribution in [0.3, 0.4) is 0 Å². The summed E-state index contributed by atoms with van der Waals surface area (Å²) in [6.45, 7) is 4.06. The molecular formula is C15H16N2O3S. The monoisotopic (exact) mass is 304 g/mol. The third kappa shape index (κ3) is 2.47. The van der Waals surface area contributed by atoms with Crippen LogP contribution in [0.1, 0.15) is 12.5 Å². The summed E-state index contributed by atoms with van der Waals surface area (Å²) in [6.07, 6.45) is 2.72. The lowest BCUT2D eigenvalue weighted by Crippen LogP contribution is -2.42. The maximum Gasteiger partial charge on any atom is 0.266 e. The lowest BCUT2D eigenvalue weighted by Gasteiger charge is -2.34. The minimum absolute atomic E-state index is 0.187. The third-order valence-electron chi connectivity index (χ3n) is 3.36. The largest absolute Gasteiger partial charge is 0.487 e. The van der Waals surface area contributed by atoms with Crippen molar-refractivity contribution < 1.29 is 13.2 Å². The summed E-state index contributed by atoms with van der Waals surface area (Å²) in [5.74, 6) is 0.590. The van der Waals surface area contributed by atoms with Crippen LogP contribution in [0.25, 0.3) is 0 Å². The van der Waals surface area contributed by atoms with E-state index >= 15 is 0 Å². The third-order valence-corrected chi connectivity index (χ3v) is 5.12. The highest BCUT2D eigenvalue weighted by atomic mass is 32.2. The highest BCUT2D eigenvalue weighted by molar-refractivity contribution is 7.92. The molecule has 1 aromatic carbocycles. The van der Waals surface area contributed by atoms with Crippen LogP contribution >= 0.6 is 0 Å². The average Bonchev–Trinajstić information content (AvgIpc) is 2.48. The molecule has 0 fully saturated rings. The van der Waals surface area contributed by atoms with Crippen LogP contribution in [0.15, 0.2) is 47.6 Å². The number of hydrogen-bond donors (Lipinski definition) is 0. The maximum absolute atomic E-state index is 12.8. The van der Waals surface area contributed by atoms with Crippen LogP contribution in [0.5, 0.6) is 5.75 Å². The summed E-state index contributed by atoms with van der Waals surface area (Å²) in [6, 6.07) is 8.72. The van der Waals surface area contributed by atoms with E-state index in [0.29, 0.717) is 11.4 Å². The zero-order valence-electron chi connectivity index (χ0n) is 11.9. The second kappa shape index (κ2) is 5.04. The number of aromatic nitrogens is 1. The molecule has 2 heterocycles. The van der Waals surface area contributed by atoms with Crippen LogP contribution in [0.4, 0.5) is 5.69 Å². The first-order valence-electron chi connectivity index (χ1n) is 6.68. The van der Waals surface area contributed by atoms with Crippen LogP contribution in [-0.4, -0.2) is 26.1 Å². The number of ether oxygens (including phenoxy) is 1. The van der Waals surface area contributed by atoms with E-state index in [1.807, 2.05) is 32.0 Å². The van der Waals surface area contributed by atoms with Gasteiger partial charge >= 0.3 is 0 Å². The molecule has 6 heteroatoms. The summed E-state index contributed by atoms with van der Waals surface area (Å²) in [5.41, 5.74) is 1.57. The predicted molar refractivity (Wildman–Crippen MR) is 80.0 cm³/mol. The van der Waals surface area contributed by atoms with Crippen molar-refractivity contribution in [2.45, 2.75) is 24.8 Å². The van der Waals surface area contributed by atoms with Gasteiger partial charge in [0.1, 0.15) is 16.7 Å². The predicted octanol–water partition coefficient (Wildman–Crippen LogP) is 2.37. The summed E-state index contributed by atoms with van der Waals surface area (Å²) in [7, 11) is -3.63. The number of nitrogens with zero attached hydrogens (tertiary/aromatic N) is 2. The molecule has 1 aliphatic rings. The molecule has 0 unspecified atom stereocenters. The second-order valence-corrected chi connectivity index (χ2v) is 6.99. The van der Waals surface area contributed by atoms with Gasteiger partial charge in [-0.15, -0.1) is 0 Å². The molecule has 110 valence electrons. The maximum atomic E-state index is 12.8. The zero-order valence-corrected chi connectivity index (χ0v) is 12.7. The fourth-order valence-corrected chi connectivity index (χ4v) is 3.87. The Kier molecular flexibility index (Phi) is 3.33. The molecule has 3 rings (SSSR count). The van der Waals surface area contributed by atoms with E-state index in [-0.39, 0.29) is 17.5 Å². The van der Waals surface area contributed by atoms with Crippen molar-refractivity contribution in [1.29, 1.82) is 0 Å². The number of aryl methyl sites for hydroxylation is 1. The number of anilines is 1. The van der Waals surface area contributed by atoms with E-state index in [9.17, 15) is 8.42 Å². The van der Waals surface area contributed by atoms with Gasteiger partial charge in [0.15, 0.2) is 0 Å². The first-order chi connectivity index (χ1) is 9.98. The van der Waals surface area contributed by atoms with E-state index in [1.54, 1.807) is 18.3 Å². The average molecular weight is 304 g/mol. The van der Waals surface area contributed by atoms with Crippen molar-refractivity contribution in [1.82, 2.24) is 4.98 Å². The molecule has 0 saturated carbocycles. The van der Waals surface area contributed by atoms with Gasteiger partial charge in [-0.05, 0) is 43.7 Å². The second-order valence-electron chi connectivity index (χ2n) is 5.12. The van der Waals surface area contributed by atoms with Crippen LogP contribution in [-0.2, 0) is 10.0 Å². The van der Waals surface area contributed by atoms with Crippen molar-refractivity contribution in [2.24, 2.45) is 0 Å². The number of hydrogen-bond acceptors (Lipinski definition) is 4. The van der Waals surface area contributed by atoms with E-state index in [4.69, 9.17) is 4.74 Å². The van der Waals surface area contributed by atoms with E-state index in [1.165, 1.54) is 10.5 Å². The molecule has 0 spiro atoms. The summed E-state index contributed by atoms with van der Waals surface area (Å²) >= 11 is 0. The number of pyridine rings is 1. The van der Waals surface area contributed by atoms with Gasteiger partial charge in [0, 0.05) is 12.4 Å². The lowest BCUT2D eigenvalue weighted by atomic mass is 10.2. The Morgan fingerprint density at radius 1 is 1.33 bits per heavy atom. The van der Waals surface area contributed by atoms with E-state index in [2.05, 4.69) is 4.98 Å². The van der Waals surface area contributed by atoms with Gasteiger partial charge < -0.3 is 4.74 Å². The van der Waals surface area contributed by atoms with Gasteiger partial charge in [-0.3, -0.25) is 9.29 Å². The molecule has 21 heavy (non-hydrogen) atoms. The smallest absolute Gasteiger partial charge is 0.266 e. The zero-order chi connectivity index (χ0) is 15.0. The Hall–Kier alpha value is -2.08. The Bertz CT molecular complexity index is 760. The SMILES string of the molecule is Cc1ccc2c(c1)N(S(=O)(=O)c1cccnc1)C[C@H](C)O2. The van der Waals surface area contributed by atoms with Crippen molar-refractivity contribution in [3.63, 3.8) is 0 Å². The van der Waals surface area contributed by atoms with Gasteiger partial charge in [-0.25, -0.2) is 8.42 Å². The number of fused-ring (bicyclic) bond motifs is 1. The van der Waals surface area contributed by atoms with Gasteiger partial charge in [-0.2, -0.15) is 0 Å². The Balaban J connectivity index is 2.13. The molecule has 2 aromatic rings. The van der Waals surface area contributed by atoms with E-state index in [0.717, 1.165) is 5.56 Å². The normalized spacial score (nSPS) is 18.0. The van der Waals surface area contributed by atoms with Crippen molar-refractivity contribution in [3.05, 3.63) is 48.3 Å². The molecule has 5 nitrogen and oxygen atoms in total. The fraction of sp³-hybridized carbons (Fsp3) is 0.267. The van der Waals surface area contributed by atoms with E-state index < -0.39 is 10.0 Å². The molecule has 0 N–H and O–H groups in total. The standard InChI is InChI=1S/C15H16N2O3S/c1-11-5-6-15-14(8-11)17(10-12(2)20-15)21(18,19)13-4-3-7-16-9-13/h3-9,12H,10H2,1-2H3/t12-/m0/s1. The number of sulfonamides is 1. The molecule has 0 bridgehead atoms. The Morgan fingerprint density at radius 2 is 2.14 bits per heavy atom. The topological polar surface area (TPSA) is 59.5 Å². The van der Waals surface area contributed by atoms with Crippen molar-refractivity contribution in [2.75, 3.05) is 10.8 Å². The number of benzene rings is 1. The van der Waals surface area contributed by atoms with Crippen LogP contribution in [0, 0.1) is 6.92 Å². The van der Waals surface area contributed by atoms with Gasteiger partial charge in [0.05, 0.1) is 12.2 Å². The molecule has 1 aromatic heterocycles. The summed E-state index contributed by atoms with van der Waals surface area (Å²) in [5, 5.41) is 0. The summed E-state index contributed by atoms with van der Waals surface area (Å²) in [4.78, 5) is 4.09. The quantitative estimate of drug-likeness (QED) is 0.854. The molecule has 0 amide bonds. The Morgan fingerprint density at radius 3 is 2.86 bits per heavy atom. The Labute approximate surface area is 124 Å². The minimum atomic E-state index is -3.63. The fourth-order valence-electron chi connectivity index (χ4n) is 2.36. The highest BCUT2D eigenvalue weighted by Gasteiger charge is 2.33. The van der Waals surface area contributed by atoms with Crippen LogP contribution in [0.2, 0.25) is 0 Å². The van der Waals surface area contributed by atoms with Gasteiger partial charge in [-0.1, -0.05) is 6.07 Å². The van der Waals surface area contributed by atoms with Crippen LogP contribution < -0.4 is 9.04 Å². The van der Waals surface area contributed by atoms with Crippen molar-refractivity contribution >= 4 is 15.7 Å². The molecule has 0 saturated heterocycles. The first kappa shape index (κ1) is 13.9. The van der Waals surface area contributed by atoms with Gasteiger partial charge in [0.2, 0.25) is 0 Å². The van der Waals surface area contributed by atoms with Gasteiger partial charge in [0.25, 0.3) is 10.0 Å². The molecule has 1 aliphatic heterocycles. The molecule has 1 atom stereocenters. The minimum Gasteiger partial charge on any atom is -0.487 e.